The van der Waals surface area contributed by atoms with E-state index in [0.29, 0.717) is 5.88 Å². The van der Waals surface area contributed by atoms with Crippen molar-refractivity contribution in [3.8, 4) is 11.8 Å². The predicted octanol–water partition coefficient (Wildman–Crippen LogP) is 2.54. The van der Waals surface area contributed by atoms with Crippen LogP contribution in [0.3, 0.4) is 0 Å². The zero-order valence-electron chi connectivity index (χ0n) is 12.6. The van der Waals surface area contributed by atoms with Crippen LogP contribution in [0.1, 0.15) is 27.2 Å². The van der Waals surface area contributed by atoms with E-state index >= 15 is 0 Å². The Balaban J connectivity index is 2.27. The molecule has 0 aliphatic carbocycles. The summed E-state index contributed by atoms with van der Waals surface area (Å²) in [4.78, 5) is 20.6. The molecular weight excluding hydrogens is 268 g/mol. The normalized spacial score (nSPS) is 10.3. The number of rotatable bonds is 5. The fraction of sp³-hybridized carbons (Fsp3) is 0.312. The Morgan fingerprint density at radius 3 is 2.33 bits per heavy atom. The first-order valence-corrected chi connectivity index (χ1v) is 6.59. The maximum Gasteiger partial charge on any atom is 0.246 e. The van der Waals surface area contributed by atoms with Crippen molar-refractivity contribution >= 4 is 5.78 Å². The molecule has 0 unspecified atom stereocenters. The average molecular weight is 286 g/mol. The van der Waals surface area contributed by atoms with E-state index in [-0.39, 0.29) is 23.8 Å². The molecule has 1 heterocycles. The summed E-state index contributed by atoms with van der Waals surface area (Å²) in [5, 5.41) is 0. The predicted molar refractivity (Wildman–Crippen MR) is 79.1 cm³/mol. The van der Waals surface area contributed by atoms with Gasteiger partial charge in [-0.1, -0.05) is 29.3 Å². The molecule has 1 aromatic carbocycles. The molecule has 0 spiro atoms. The van der Waals surface area contributed by atoms with Crippen LogP contribution in [0, 0.1) is 13.8 Å². The van der Waals surface area contributed by atoms with Crippen LogP contribution in [0.15, 0.2) is 24.4 Å². The van der Waals surface area contributed by atoms with Crippen molar-refractivity contribution in [3.05, 3.63) is 46.8 Å². The van der Waals surface area contributed by atoms with Crippen LogP contribution in [-0.4, -0.2) is 30.0 Å². The zero-order chi connectivity index (χ0) is 15.4. The molecule has 0 saturated carbocycles. The highest BCUT2D eigenvalue weighted by atomic mass is 16.5. The van der Waals surface area contributed by atoms with Gasteiger partial charge in [0, 0.05) is 6.42 Å². The monoisotopic (exact) mass is 286 g/mol. The molecule has 2 aromatic rings. The van der Waals surface area contributed by atoms with Crippen molar-refractivity contribution in [2.75, 3.05) is 14.2 Å². The number of nitrogens with zero attached hydrogens (tertiary/aromatic N) is 2. The molecule has 0 aliphatic heterocycles. The number of aryl methyl sites for hydroxylation is 2. The number of benzene rings is 1. The first-order valence-electron chi connectivity index (χ1n) is 6.59. The summed E-state index contributed by atoms with van der Waals surface area (Å²) in [7, 11) is 2.94. The minimum atomic E-state index is -0.132. The Morgan fingerprint density at radius 2 is 1.76 bits per heavy atom. The summed E-state index contributed by atoms with van der Waals surface area (Å²) in [5.41, 5.74) is 3.44. The van der Waals surface area contributed by atoms with Crippen LogP contribution in [0.2, 0.25) is 0 Å². The molecule has 2 rings (SSSR count). The van der Waals surface area contributed by atoms with Gasteiger partial charge in [0.15, 0.2) is 11.5 Å². The number of aromatic nitrogens is 2. The zero-order valence-corrected chi connectivity index (χ0v) is 12.6. The standard InChI is InChI=1S/C16H18N2O3/c1-10-5-11(2)7-12(6-10)8-13(19)15-16(21-4)18-14(20-3)9-17-15/h5-7,9H,8H2,1-4H3. The third-order valence-electron chi connectivity index (χ3n) is 3.03. The maximum absolute atomic E-state index is 12.4. The van der Waals surface area contributed by atoms with Gasteiger partial charge in [0.05, 0.1) is 20.4 Å². The van der Waals surface area contributed by atoms with Gasteiger partial charge in [-0.15, -0.1) is 0 Å². The van der Waals surface area contributed by atoms with Crippen molar-refractivity contribution in [2.24, 2.45) is 0 Å². The molecular formula is C16H18N2O3. The highest BCUT2D eigenvalue weighted by Crippen LogP contribution is 2.19. The summed E-state index contributed by atoms with van der Waals surface area (Å²) < 4.78 is 10.1. The van der Waals surface area contributed by atoms with E-state index in [1.807, 2.05) is 26.0 Å². The van der Waals surface area contributed by atoms with Gasteiger partial charge < -0.3 is 9.47 Å². The Hall–Kier alpha value is -2.43. The summed E-state index contributed by atoms with van der Waals surface area (Å²) in [5.74, 6) is 0.366. The molecule has 110 valence electrons. The number of methoxy groups -OCH3 is 2. The van der Waals surface area contributed by atoms with E-state index in [9.17, 15) is 4.79 Å². The molecule has 0 bridgehead atoms. The quantitative estimate of drug-likeness (QED) is 0.790. The van der Waals surface area contributed by atoms with Crippen molar-refractivity contribution in [2.45, 2.75) is 20.3 Å². The Bertz CT molecular complexity index is 648. The molecule has 0 N–H and O–H groups in total. The highest BCUT2D eigenvalue weighted by molar-refractivity contribution is 5.97. The Labute approximate surface area is 124 Å². The largest absolute Gasteiger partial charge is 0.480 e. The molecule has 0 amide bonds. The van der Waals surface area contributed by atoms with Crippen LogP contribution in [0.4, 0.5) is 0 Å². The molecule has 0 atom stereocenters. The number of carbonyl (C=O) groups excluding carboxylic acids is 1. The lowest BCUT2D eigenvalue weighted by Gasteiger charge is -2.08. The van der Waals surface area contributed by atoms with Crippen LogP contribution in [-0.2, 0) is 6.42 Å². The van der Waals surface area contributed by atoms with E-state index in [1.165, 1.54) is 20.4 Å². The lowest BCUT2D eigenvalue weighted by Crippen LogP contribution is -2.10. The fourth-order valence-corrected chi connectivity index (χ4v) is 2.23. The van der Waals surface area contributed by atoms with Crippen molar-refractivity contribution in [1.29, 1.82) is 0 Å². The molecule has 0 fully saturated rings. The highest BCUT2D eigenvalue weighted by Gasteiger charge is 2.17. The summed E-state index contributed by atoms with van der Waals surface area (Å²) in [6.45, 7) is 4.02. The molecule has 0 saturated heterocycles. The lowest BCUT2D eigenvalue weighted by atomic mass is 10.0. The number of carbonyl (C=O) groups is 1. The van der Waals surface area contributed by atoms with E-state index < -0.39 is 0 Å². The summed E-state index contributed by atoms with van der Waals surface area (Å²) >= 11 is 0. The maximum atomic E-state index is 12.4. The van der Waals surface area contributed by atoms with Gasteiger partial charge in [0.1, 0.15) is 0 Å². The Kier molecular flexibility index (Phi) is 4.52. The van der Waals surface area contributed by atoms with Crippen LogP contribution in [0.5, 0.6) is 11.8 Å². The summed E-state index contributed by atoms with van der Waals surface area (Å²) in [6.07, 6.45) is 1.68. The second kappa shape index (κ2) is 6.35. The first-order chi connectivity index (χ1) is 10.0. The third-order valence-corrected chi connectivity index (χ3v) is 3.03. The number of hydrogen-bond acceptors (Lipinski definition) is 5. The molecule has 0 aliphatic rings. The van der Waals surface area contributed by atoms with Gasteiger partial charge in [-0.2, -0.15) is 4.98 Å². The molecule has 5 nitrogen and oxygen atoms in total. The minimum absolute atomic E-state index is 0.132. The van der Waals surface area contributed by atoms with Crippen molar-refractivity contribution in [3.63, 3.8) is 0 Å². The van der Waals surface area contributed by atoms with Crippen molar-refractivity contribution in [1.82, 2.24) is 9.97 Å². The van der Waals surface area contributed by atoms with Gasteiger partial charge >= 0.3 is 0 Å². The molecule has 0 radical (unpaired) electrons. The average Bonchev–Trinajstić information content (AvgIpc) is 2.45. The van der Waals surface area contributed by atoms with Gasteiger partial charge in [0.25, 0.3) is 0 Å². The van der Waals surface area contributed by atoms with Crippen LogP contribution < -0.4 is 9.47 Å². The number of ether oxygens (including phenoxy) is 2. The lowest BCUT2D eigenvalue weighted by molar-refractivity contribution is 0.0984. The second-order valence-electron chi connectivity index (χ2n) is 4.87. The number of ketones is 1. The van der Waals surface area contributed by atoms with E-state index in [1.54, 1.807) is 0 Å². The van der Waals surface area contributed by atoms with Gasteiger partial charge in [-0.3, -0.25) is 4.79 Å². The SMILES string of the molecule is COc1cnc(C(=O)Cc2cc(C)cc(C)c2)c(OC)n1. The fourth-order valence-electron chi connectivity index (χ4n) is 2.23. The van der Waals surface area contributed by atoms with Gasteiger partial charge in [0.2, 0.25) is 11.8 Å². The third kappa shape index (κ3) is 3.56. The van der Waals surface area contributed by atoms with Crippen LogP contribution >= 0.6 is 0 Å². The van der Waals surface area contributed by atoms with Gasteiger partial charge in [-0.05, 0) is 19.4 Å². The van der Waals surface area contributed by atoms with E-state index in [4.69, 9.17) is 9.47 Å². The molecule has 1 aromatic heterocycles. The first kappa shape index (κ1) is 15.0. The molecule has 21 heavy (non-hydrogen) atoms. The number of Topliss-reactive ketones (excluding diaryl/α,β-unsaturated/α-hetero) is 1. The minimum Gasteiger partial charge on any atom is -0.480 e. The smallest absolute Gasteiger partial charge is 0.246 e. The second-order valence-corrected chi connectivity index (χ2v) is 4.87. The summed E-state index contributed by atoms with van der Waals surface area (Å²) in [6, 6.07) is 6.06. The van der Waals surface area contributed by atoms with E-state index in [0.717, 1.165) is 16.7 Å². The van der Waals surface area contributed by atoms with E-state index in [2.05, 4.69) is 16.0 Å². The van der Waals surface area contributed by atoms with Crippen LogP contribution in [0.25, 0.3) is 0 Å². The topological polar surface area (TPSA) is 61.3 Å². The Morgan fingerprint density at radius 1 is 1.10 bits per heavy atom. The van der Waals surface area contributed by atoms with Crippen molar-refractivity contribution < 1.29 is 14.3 Å². The number of hydrogen-bond donors (Lipinski definition) is 0. The molecule has 5 heteroatoms. The van der Waals surface area contributed by atoms with Gasteiger partial charge in [-0.25, -0.2) is 4.98 Å².